The van der Waals surface area contributed by atoms with E-state index in [0.717, 1.165) is 0 Å². The second kappa shape index (κ2) is 11.5. The minimum Gasteiger partial charge on any atom is -0.353 e. The summed E-state index contributed by atoms with van der Waals surface area (Å²) in [6.45, 7) is 2.94. The lowest BCUT2D eigenvalue weighted by Crippen LogP contribution is -2.49. The zero-order chi connectivity index (χ0) is 15.4. The molecule has 0 heterocycles. The Bertz CT molecular complexity index is 326. The van der Waals surface area contributed by atoms with Gasteiger partial charge in [0.15, 0.2) is 0 Å². The van der Waals surface area contributed by atoms with Crippen molar-refractivity contribution in [1.82, 2.24) is 21.3 Å². The number of alkyl halides is 1. The average Bonchev–Trinajstić information content (AvgIpc) is 2.46. The van der Waals surface area contributed by atoms with Crippen LogP contribution in [0.3, 0.4) is 0 Å². The molecule has 3 amide bonds. The zero-order valence-corrected chi connectivity index (χ0v) is 12.7. The van der Waals surface area contributed by atoms with E-state index in [1.807, 2.05) is 0 Å². The molecule has 116 valence electrons. The molecule has 0 aromatic rings. The van der Waals surface area contributed by atoms with Gasteiger partial charge in [0.25, 0.3) is 0 Å². The fourth-order valence-corrected chi connectivity index (χ4v) is 1.51. The van der Waals surface area contributed by atoms with Gasteiger partial charge in [0.2, 0.25) is 17.7 Å². The molecule has 8 heteroatoms. The Balaban J connectivity index is 4.12. The molecule has 0 saturated carbocycles. The van der Waals surface area contributed by atoms with Crippen LogP contribution in [0.1, 0.15) is 19.8 Å². The van der Waals surface area contributed by atoms with E-state index < -0.39 is 6.04 Å². The summed E-state index contributed by atoms with van der Waals surface area (Å²) >= 11 is 5.32. The molecular formula is C12H23ClN4O3. The predicted molar refractivity (Wildman–Crippen MR) is 77.5 cm³/mol. The lowest BCUT2D eigenvalue weighted by atomic mass is 10.2. The van der Waals surface area contributed by atoms with E-state index in [0.29, 0.717) is 32.5 Å². The maximum atomic E-state index is 11.9. The lowest BCUT2D eigenvalue weighted by Gasteiger charge is -2.18. The highest BCUT2D eigenvalue weighted by atomic mass is 35.5. The number of amides is 3. The molecule has 0 bridgehead atoms. The molecule has 0 fully saturated rings. The van der Waals surface area contributed by atoms with Crippen molar-refractivity contribution in [3.05, 3.63) is 0 Å². The Morgan fingerprint density at radius 2 is 1.70 bits per heavy atom. The molecule has 1 unspecified atom stereocenters. The number of carbonyl (C=O) groups is 3. The lowest BCUT2D eigenvalue weighted by molar-refractivity contribution is -0.129. The van der Waals surface area contributed by atoms with Crippen molar-refractivity contribution >= 4 is 29.3 Å². The quantitative estimate of drug-likeness (QED) is 0.306. The van der Waals surface area contributed by atoms with Crippen LogP contribution >= 0.6 is 11.6 Å². The molecule has 0 aliphatic rings. The first-order valence-corrected chi connectivity index (χ1v) is 7.12. The number of hydrogen-bond acceptors (Lipinski definition) is 4. The molecule has 0 spiro atoms. The molecule has 4 N–H and O–H groups in total. The van der Waals surface area contributed by atoms with Crippen molar-refractivity contribution in [1.29, 1.82) is 0 Å². The normalized spacial score (nSPS) is 11.6. The Kier molecular flexibility index (Phi) is 10.7. The SMILES string of the molecule is CCC(=O)NC(CCNC)C(=O)NCCNC(=O)CCl. The molecule has 7 nitrogen and oxygen atoms in total. The zero-order valence-electron chi connectivity index (χ0n) is 11.9. The molecule has 1 atom stereocenters. The largest absolute Gasteiger partial charge is 0.353 e. The third-order valence-electron chi connectivity index (χ3n) is 2.52. The van der Waals surface area contributed by atoms with Crippen LogP contribution in [-0.2, 0) is 14.4 Å². The van der Waals surface area contributed by atoms with Crippen LogP contribution in [0.25, 0.3) is 0 Å². The minimum absolute atomic E-state index is 0.106. The van der Waals surface area contributed by atoms with Crippen molar-refractivity contribution in [2.24, 2.45) is 0 Å². The van der Waals surface area contributed by atoms with Gasteiger partial charge >= 0.3 is 0 Å². The van der Waals surface area contributed by atoms with Crippen molar-refractivity contribution in [3.63, 3.8) is 0 Å². The molecule has 0 aliphatic heterocycles. The van der Waals surface area contributed by atoms with Crippen LogP contribution < -0.4 is 21.3 Å². The summed E-state index contributed by atoms with van der Waals surface area (Å²) in [5.41, 5.74) is 0. The van der Waals surface area contributed by atoms with Gasteiger partial charge in [-0.05, 0) is 20.0 Å². The van der Waals surface area contributed by atoms with E-state index in [2.05, 4.69) is 21.3 Å². The minimum atomic E-state index is -0.571. The molecule has 0 aliphatic carbocycles. The second-order valence-corrected chi connectivity index (χ2v) is 4.41. The summed E-state index contributed by atoms with van der Waals surface area (Å²) in [5.74, 6) is -0.823. The number of nitrogens with one attached hydrogen (secondary N) is 4. The van der Waals surface area contributed by atoms with E-state index in [1.54, 1.807) is 14.0 Å². The summed E-state index contributed by atoms with van der Waals surface area (Å²) in [4.78, 5) is 34.2. The van der Waals surface area contributed by atoms with E-state index in [-0.39, 0.29) is 23.6 Å². The third kappa shape index (κ3) is 8.71. The molecule has 0 aromatic heterocycles. The summed E-state index contributed by atoms with van der Waals surface area (Å²) in [6, 6.07) is -0.571. The Labute approximate surface area is 124 Å². The van der Waals surface area contributed by atoms with Gasteiger partial charge in [-0.2, -0.15) is 0 Å². The predicted octanol–water partition coefficient (Wildman–Crippen LogP) is -1.04. The van der Waals surface area contributed by atoms with E-state index in [9.17, 15) is 14.4 Å². The highest BCUT2D eigenvalue weighted by molar-refractivity contribution is 6.27. The van der Waals surface area contributed by atoms with Gasteiger partial charge < -0.3 is 21.3 Å². The van der Waals surface area contributed by atoms with Crippen LogP contribution in [0, 0.1) is 0 Å². The van der Waals surface area contributed by atoms with Gasteiger partial charge in [0.1, 0.15) is 11.9 Å². The number of rotatable bonds is 10. The Morgan fingerprint density at radius 3 is 2.25 bits per heavy atom. The average molecular weight is 307 g/mol. The monoisotopic (exact) mass is 306 g/mol. The smallest absolute Gasteiger partial charge is 0.242 e. The van der Waals surface area contributed by atoms with Crippen LogP contribution in [0.5, 0.6) is 0 Å². The van der Waals surface area contributed by atoms with Gasteiger partial charge in [0, 0.05) is 19.5 Å². The maximum Gasteiger partial charge on any atom is 0.242 e. The van der Waals surface area contributed by atoms with Crippen LogP contribution in [-0.4, -0.2) is 56.3 Å². The molecule has 0 saturated heterocycles. The Morgan fingerprint density at radius 1 is 1.05 bits per heavy atom. The second-order valence-electron chi connectivity index (χ2n) is 4.14. The molecule has 0 rings (SSSR count). The van der Waals surface area contributed by atoms with Crippen molar-refractivity contribution in [2.45, 2.75) is 25.8 Å². The molecular weight excluding hydrogens is 284 g/mol. The van der Waals surface area contributed by atoms with E-state index >= 15 is 0 Å². The number of halogens is 1. The summed E-state index contributed by atoms with van der Waals surface area (Å²) in [6.07, 6.45) is 0.831. The third-order valence-corrected chi connectivity index (χ3v) is 2.77. The highest BCUT2D eigenvalue weighted by Crippen LogP contribution is 1.93. The number of carbonyl (C=O) groups excluding carboxylic acids is 3. The first-order chi connectivity index (χ1) is 9.54. The first-order valence-electron chi connectivity index (χ1n) is 6.59. The van der Waals surface area contributed by atoms with E-state index in [1.165, 1.54) is 0 Å². The number of hydrogen-bond donors (Lipinski definition) is 4. The topological polar surface area (TPSA) is 99.3 Å². The fraction of sp³-hybridized carbons (Fsp3) is 0.750. The van der Waals surface area contributed by atoms with Crippen molar-refractivity contribution < 1.29 is 14.4 Å². The first kappa shape index (κ1) is 18.7. The summed E-state index contributed by atoms with van der Waals surface area (Å²) in [7, 11) is 1.78. The van der Waals surface area contributed by atoms with Crippen LogP contribution in [0.15, 0.2) is 0 Å². The van der Waals surface area contributed by atoms with Gasteiger partial charge in [0.05, 0.1) is 0 Å². The molecule has 0 radical (unpaired) electrons. The van der Waals surface area contributed by atoms with Crippen LogP contribution in [0.2, 0.25) is 0 Å². The van der Waals surface area contributed by atoms with E-state index in [4.69, 9.17) is 11.6 Å². The van der Waals surface area contributed by atoms with Crippen molar-refractivity contribution in [3.8, 4) is 0 Å². The Hall–Kier alpha value is -1.34. The maximum absolute atomic E-state index is 11.9. The van der Waals surface area contributed by atoms with Crippen LogP contribution in [0.4, 0.5) is 0 Å². The molecule has 20 heavy (non-hydrogen) atoms. The van der Waals surface area contributed by atoms with Gasteiger partial charge in [-0.1, -0.05) is 6.92 Å². The summed E-state index contributed by atoms with van der Waals surface area (Å²) < 4.78 is 0. The van der Waals surface area contributed by atoms with Gasteiger partial charge in [-0.25, -0.2) is 0 Å². The fourth-order valence-electron chi connectivity index (χ4n) is 1.41. The molecule has 0 aromatic carbocycles. The van der Waals surface area contributed by atoms with Crippen molar-refractivity contribution in [2.75, 3.05) is 32.6 Å². The summed E-state index contributed by atoms with van der Waals surface area (Å²) in [5, 5.41) is 10.8. The highest BCUT2D eigenvalue weighted by Gasteiger charge is 2.18. The van der Waals surface area contributed by atoms with Gasteiger partial charge in [-0.15, -0.1) is 11.6 Å². The van der Waals surface area contributed by atoms with Gasteiger partial charge in [-0.3, -0.25) is 14.4 Å². The standard InChI is InChI=1S/C12H23ClN4O3/c1-3-10(18)17-9(4-5-14-2)12(20)16-7-6-15-11(19)8-13/h9,14H,3-8H2,1-2H3,(H,15,19)(H,16,20)(H,17,18).